The van der Waals surface area contributed by atoms with E-state index in [1.165, 1.54) is 12.8 Å². The van der Waals surface area contributed by atoms with Gasteiger partial charge in [0.1, 0.15) is 0 Å². The summed E-state index contributed by atoms with van der Waals surface area (Å²) < 4.78 is 0. The number of oxime groups is 1. The van der Waals surface area contributed by atoms with E-state index < -0.39 is 5.97 Å². The molecule has 84 valence electrons. The summed E-state index contributed by atoms with van der Waals surface area (Å²) in [5.41, 5.74) is 0.968. The number of likely N-dealkylation sites (tertiary alicyclic amines) is 1. The second-order valence-corrected chi connectivity index (χ2v) is 4.28. The quantitative estimate of drug-likeness (QED) is 0.697. The molecule has 0 aromatic heterocycles. The Bertz CT molecular complexity index is 286. The molecule has 0 radical (unpaired) electrons. The first-order valence-corrected chi connectivity index (χ1v) is 5.32. The van der Waals surface area contributed by atoms with Gasteiger partial charge >= 0.3 is 5.97 Å². The van der Waals surface area contributed by atoms with Crippen molar-refractivity contribution in [2.24, 2.45) is 5.16 Å². The van der Waals surface area contributed by atoms with Crippen molar-refractivity contribution >= 4 is 11.7 Å². The van der Waals surface area contributed by atoms with Crippen molar-refractivity contribution in [2.45, 2.75) is 38.3 Å². The minimum absolute atomic E-state index is 0.346. The molecule has 0 bridgehead atoms. The summed E-state index contributed by atoms with van der Waals surface area (Å²) in [5.74, 6) is -0.982. The van der Waals surface area contributed by atoms with E-state index in [2.05, 4.69) is 17.0 Å². The summed E-state index contributed by atoms with van der Waals surface area (Å²) in [6, 6.07) is 1.25. The van der Waals surface area contributed by atoms with Crippen LogP contribution in [0.25, 0.3) is 0 Å². The van der Waals surface area contributed by atoms with Crippen LogP contribution in [0, 0.1) is 0 Å². The Kier molecular flexibility index (Phi) is 2.90. The van der Waals surface area contributed by atoms with Crippen LogP contribution in [0.15, 0.2) is 5.16 Å². The molecule has 0 amide bonds. The van der Waals surface area contributed by atoms with Gasteiger partial charge in [-0.2, -0.15) is 0 Å². The molecular formula is C10H16N2O3. The van der Waals surface area contributed by atoms with E-state index in [4.69, 9.17) is 9.94 Å². The van der Waals surface area contributed by atoms with Gasteiger partial charge in [0.25, 0.3) is 0 Å². The van der Waals surface area contributed by atoms with Crippen molar-refractivity contribution in [1.29, 1.82) is 0 Å². The fourth-order valence-corrected chi connectivity index (χ4v) is 2.03. The molecule has 0 aromatic carbocycles. The predicted molar refractivity (Wildman–Crippen MR) is 54.8 cm³/mol. The second kappa shape index (κ2) is 4.18. The molecular weight excluding hydrogens is 196 g/mol. The molecule has 2 fully saturated rings. The first-order chi connectivity index (χ1) is 7.16. The predicted octanol–water partition coefficient (Wildman–Crippen LogP) is 0.700. The van der Waals surface area contributed by atoms with Crippen molar-refractivity contribution in [3.8, 4) is 0 Å². The van der Waals surface area contributed by atoms with Gasteiger partial charge in [-0.3, -0.25) is 4.90 Å². The topological polar surface area (TPSA) is 62.1 Å². The Morgan fingerprint density at radius 2 is 2.40 bits per heavy atom. The molecule has 5 heteroatoms. The maximum atomic E-state index is 10.2. The number of carbonyl (C=O) groups is 1. The monoisotopic (exact) mass is 212 g/mol. The third kappa shape index (κ3) is 2.68. The van der Waals surface area contributed by atoms with Crippen molar-refractivity contribution < 1.29 is 14.7 Å². The molecule has 15 heavy (non-hydrogen) atoms. The van der Waals surface area contributed by atoms with Crippen LogP contribution in [0.1, 0.15) is 26.2 Å². The van der Waals surface area contributed by atoms with E-state index in [9.17, 15) is 4.79 Å². The first-order valence-electron chi connectivity index (χ1n) is 5.32. The highest BCUT2D eigenvalue weighted by atomic mass is 16.6. The largest absolute Gasteiger partial charge is 0.479 e. The van der Waals surface area contributed by atoms with Crippen molar-refractivity contribution in [3.63, 3.8) is 0 Å². The Hall–Kier alpha value is -1.10. The molecule has 1 aliphatic heterocycles. The third-order valence-electron chi connectivity index (χ3n) is 2.86. The van der Waals surface area contributed by atoms with E-state index in [0.717, 1.165) is 24.7 Å². The maximum absolute atomic E-state index is 10.2. The van der Waals surface area contributed by atoms with Gasteiger partial charge in [0, 0.05) is 25.0 Å². The fourth-order valence-electron chi connectivity index (χ4n) is 2.03. The van der Waals surface area contributed by atoms with Crippen molar-refractivity contribution in [1.82, 2.24) is 4.90 Å². The van der Waals surface area contributed by atoms with Gasteiger partial charge < -0.3 is 9.94 Å². The van der Waals surface area contributed by atoms with Crippen LogP contribution < -0.4 is 0 Å². The average molecular weight is 212 g/mol. The lowest BCUT2D eigenvalue weighted by atomic mass is 10.2. The lowest BCUT2D eigenvalue weighted by Gasteiger charge is -2.18. The van der Waals surface area contributed by atoms with E-state index in [0.29, 0.717) is 6.04 Å². The summed E-state index contributed by atoms with van der Waals surface area (Å²) >= 11 is 0. The van der Waals surface area contributed by atoms with Crippen molar-refractivity contribution in [3.05, 3.63) is 0 Å². The number of carboxylic acids is 1. The zero-order chi connectivity index (χ0) is 10.8. The standard InChI is InChI=1S/C10H16N2O3/c1-7-4-8(11-15-6-10(13)14)5-12(7)9-2-3-9/h7,9H,2-6H2,1H3,(H,13,14). The average Bonchev–Trinajstić information content (AvgIpc) is 2.91. The molecule has 0 aromatic rings. The van der Waals surface area contributed by atoms with Gasteiger partial charge in [-0.05, 0) is 19.8 Å². The fraction of sp³-hybridized carbons (Fsp3) is 0.800. The smallest absolute Gasteiger partial charge is 0.344 e. The van der Waals surface area contributed by atoms with E-state index in [-0.39, 0.29) is 6.61 Å². The SMILES string of the molecule is CC1CC(=NOCC(=O)O)CN1C1CC1. The molecule has 1 saturated carbocycles. The van der Waals surface area contributed by atoms with Crippen LogP contribution in [-0.2, 0) is 9.63 Å². The van der Waals surface area contributed by atoms with Crippen LogP contribution in [0.2, 0.25) is 0 Å². The van der Waals surface area contributed by atoms with Gasteiger partial charge in [0.15, 0.2) is 0 Å². The highest BCUT2D eigenvalue weighted by molar-refractivity contribution is 5.88. The van der Waals surface area contributed by atoms with E-state index >= 15 is 0 Å². The van der Waals surface area contributed by atoms with Gasteiger partial charge in [-0.1, -0.05) is 5.16 Å². The molecule has 2 aliphatic rings. The summed E-state index contributed by atoms with van der Waals surface area (Å²) in [7, 11) is 0. The molecule has 1 atom stereocenters. The number of aliphatic carboxylic acids is 1. The molecule has 1 aliphatic carbocycles. The Morgan fingerprint density at radius 1 is 1.67 bits per heavy atom. The van der Waals surface area contributed by atoms with Gasteiger partial charge in [0.05, 0.1) is 5.71 Å². The molecule has 1 unspecified atom stereocenters. The van der Waals surface area contributed by atoms with E-state index in [1.807, 2.05) is 0 Å². The van der Waals surface area contributed by atoms with Crippen LogP contribution in [-0.4, -0.2) is 46.9 Å². The maximum Gasteiger partial charge on any atom is 0.344 e. The van der Waals surface area contributed by atoms with Gasteiger partial charge in [-0.15, -0.1) is 0 Å². The number of rotatable bonds is 4. The summed E-state index contributed by atoms with van der Waals surface area (Å²) in [4.78, 5) is 17.4. The zero-order valence-corrected chi connectivity index (χ0v) is 8.85. The second-order valence-electron chi connectivity index (χ2n) is 4.28. The van der Waals surface area contributed by atoms with Gasteiger partial charge in [0.2, 0.25) is 6.61 Å². The number of carboxylic acid groups (broad SMARTS) is 1. The molecule has 1 N–H and O–H groups in total. The van der Waals surface area contributed by atoms with Crippen LogP contribution in [0.5, 0.6) is 0 Å². The number of hydrogen-bond acceptors (Lipinski definition) is 4. The summed E-state index contributed by atoms with van der Waals surface area (Å²) in [6.45, 7) is 2.67. The first kappa shape index (κ1) is 10.4. The molecule has 0 spiro atoms. The Labute approximate surface area is 88.7 Å². The molecule has 1 saturated heterocycles. The van der Waals surface area contributed by atoms with Crippen LogP contribution in [0.3, 0.4) is 0 Å². The number of nitrogens with zero attached hydrogens (tertiary/aromatic N) is 2. The van der Waals surface area contributed by atoms with Crippen LogP contribution >= 0.6 is 0 Å². The minimum atomic E-state index is -0.982. The van der Waals surface area contributed by atoms with E-state index in [1.54, 1.807) is 0 Å². The van der Waals surface area contributed by atoms with Crippen molar-refractivity contribution in [2.75, 3.05) is 13.2 Å². The highest BCUT2D eigenvalue weighted by Crippen LogP contribution is 2.32. The van der Waals surface area contributed by atoms with Crippen LogP contribution in [0.4, 0.5) is 0 Å². The summed E-state index contributed by atoms with van der Waals surface area (Å²) in [6.07, 6.45) is 3.47. The Morgan fingerprint density at radius 3 is 3.00 bits per heavy atom. The number of hydrogen-bond donors (Lipinski definition) is 1. The summed E-state index contributed by atoms with van der Waals surface area (Å²) in [5, 5.41) is 12.3. The highest BCUT2D eigenvalue weighted by Gasteiger charge is 2.37. The zero-order valence-electron chi connectivity index (χ0n) is 8.85. The molecule has 5 nitrogen and oxygen atoms in total. The minimum Gasteiger partial charge on any atom is -0.479 e. The molecule has 1 heterocycles. The lowest BCUT2D eigenvalue weighted by Crippen LogP contribution is -2.29. The third-order valence-corrected chi connectivity index (χ3v) is 2.86. The van der Waals surface area contributed by atoms with Gasteiger partial charge in [-0.25, -0.2) is 4.79 Å². The molecule has 2 rings (SSSR count). The lowest BCUT2D eigenvalue weighted by molar-refractivity contribution is -0.142. The normalized spacial score (nSPS) is 29.7. The Balaban J connectivity index is 1.82.